The van der Waals surface area contributed by atoms with E-state index in [2.05, 4.69) is 17.9 Å². The van der Waals surface area contributed by atoms with E-state index in [1.807, 2.05) is 30.3 Å². The van der Waals surface area contributed by atoms with E-state index in [1.54, 1.807) is 7.05 Å². The van der Waals surface area contributed by atoms with Crippen molar-refractivity contribution in [3.8, 4) is 0 Å². The average Bonchev–Trinajstić information content (AvgIpc) is 2.46. The van der Waals surface area contributed by atoms with E-state index in [-0.39, 0.29) is 17.1 Å². The number of rotatable bonds is 3. The zero-order valence-electron chi connectivity index (χ0n) is 13.4. The van der Waals surface area contributed by atoms with Gasteiger partial charge in [-0.15, -0.1) is 0 Å². The number of aliphatic hydroxyl groups is 1. The fraction of sp³-hybridized carbons (Fsp3) is 0.556. The second-order valence-electron chi connectivity index (χ2n) is 7.30. The van der Waals surface area contributed by atoms with Gasteiger partial charge in [0.05, 0.1) is 21.1 Å². The van der Waals surface area contributed by atoms with Crippen molar-refractivity contribution in [2.45, 2.75) is 43.1 Å². The Hall–Kier alpha value is -1.13. The van der Waals surface area contributed by atoms with Crippen LogP contribution in [0.3, 0.4) is 0 Å². The zero-order chi connectivity index (χ0) is 16.0. The molecule has 0 heterocycles. The molecule has 0 radical (unpaired) electrons. The fourth-order valence-corrected chi connectivity index (χ4v) is 6.57. The van der Waals surface area contributed by atoms with E-state index in [9.17, 15) is 9.32 Å². The summed E-state index contributed by atoms with van der Waals surface area (Å²) in [5.74, 6) is 0.264. The third-order valence-corrected chi connectivity index (χ3v) is 7.91. The molecular weight excluding hydrogens is 294 g/mol. The Labute approximate surface area is 133 Å². The van der Waals surface area contributed by atoms with E-state index >= 15 is 0 Å². The first kappa shape index (κ1) is 15.8. The molecule has 0 saturated heterocycles. The molecule has 1 unspecified atom stereocenters. The van der Waals surface area contributed by atoms with Gasteiger partial charge in [0.25, 0.3) is 0 Å². The Bertz CT molecular complexity index is 705. The minimum atomic E-state index is -2.60. The van der Waals surface area contributed by atoms with Gasteiger partial charge in [-0.2, -0.15) is 0 Å². The van der Waals surface area contributed by atoms with Crippen LogP contribution in [0, 0.1) is 11.3 Å². The fourth-order valence-electron chi connectivity index (χ4n) is 4.50. The molecule has 4 heteroatoms. The third kappa shape index (κ3) is 2.52. The average molecular weight is 319 g/mol. The lowest BCUT2D eigenvalue weighted by Crippen LogP contribution is -2.55. The largest absolute Gasteiger partial charge is 0.388 e. The Kier molecular flexibility index (Phi) is 3.73. The molecule has 22 heavy (non-hydrogen) atoms. The van der Waals surface area contributed by atoms with E-state index in [0.717, 1.165) is 24.8 Å². The predicted octanol–water partition coefficient (Wildman–Crippen LogP) is 3.64. The Morgan fingerprint density at radius 2 is 2.09 bits per heavy atom. The van der Waals surface area contributed by atoms with Crippen molar-refractivity contribution in [2.75, 3.05) is 12.8 Å². The van der Waals surface area contributed by atoms with Crippen molar-refractivity contribution < 1.29 is 9.32 Å². The summed E-state index contributed by atoms with van der Waals surface area (Å²) in [4.78, 5) is 0.711. The second-order valence-corrected chi connectivity index (χ2v) is 9.70. The first-order chi connectivity index (χ1) is 10.3. The number of hydrogen-bond acceptors (Lipinski definition) is 3. The molecule has 3 aliphatic carbocycles. The molecule has 1 aromatic carbocycles. The highest BCUT2D eigenvalue weighted by atomic mass is 32.2. The molecule has 0 aromatic heterocycles. The zero-order valence-corrected chi connectivity index (χ0v) is 14.2. The number of nitrogens with zero attached hydrogens (tertiary/aromatic N) is 1. The molecule has 3 saturated carbocycles. The first-order valence-corrected chi connectivity index (χ1v) is 9.57. The third-order valence-electron chi connectivity index (χ3n) is 5.42. The summed E-state index contributed by atoms with van der Waals surface area (Å²) >= 11 is 0. The molecule has 4 rings (SSSR count). The molecule has 120 valence electrons. The van der Waals surface area contributed by atoms with E-state index in [1.165, 1.54) is 0 Å². The van der Waals surface area contributed by atoms with Gasteiger partial charge in [-0.25, -0.2) is 8.57 Å². The van der Waals surface area contributed by atoms with Gasteiger partial charge < -0.3 is 5.11 Å². The molecule has 3 aliphatic rings. The van der Waals surface area contributed by atoms with Crippen LogP contribution in [0.2, 0.25) is 0 Å². The lowest BCUT2D eigenvalue weighted by atomic mass is 9.54. The van der Waals surface area contributed by atoms with Crippen LogP contribution in [0.25, 0.3) is 0 Å². The van der Waals surface area contributed by atoms with Gasteiger partial charge in [0.15, 0.2) is 0 Å². The standard InChI is InChI=1S/C18H25NO2S/c1-14-11-17(2)10-9-16(14)18(20,12-17)13-22(21,19-3)15-7-5-4-6-8-15/h4-8,16,20H,1,9-13H2,2-3H3/t16-,17+,18+,22?/m1/s1. The van der Waals surface area contributed by atoms with Crippen molar-refractivity contribution >= 4 is 9.73 Å². The molecule has 3 fully saturated rings. The van der Waals surface area contributed by atoms with Crippen LogP contribution in [-0.4, -0.2) is 27.7 Å². The smallest absolute Gasteiger partial charge is 0.0844 e. The van der Waals surface area contributed by atoms with Crippen LogP contribution < -0.4 is 0 Å². The van der Waals surface area contributed by atoms with Crippen LogP contribution in [0.1, 0.15) is 32.6 Å². The Morgan fingerprint density at radius 3 is 2.64 bits per heavy atom. The quantitative estimate of drug-likeness (QED) is 0.865. The van der Waals surface area contributed by atoms with Gasteiger partial charge in [0.1, 0.15) is 0 Å². The minimum Gasteiger partial charge on any atom is -0.388 e. The monoisotopic (exact) mass is 319 g/mol. The summed E-state index contributed by atoms with van der Waals surface area (Å²) in [6.07, 6.45) is 3.74. The maximum atomic E-state index is 13.4. The van der Waals surface area contributed by atoms with Crippen LogP contribution in [0.15, 0.2) is 51.7 Å². The SMILES string of the molecule is C=C1C[C@]2(C)CC[C@H]1[C@@](O)(CS(=O)(=NC)c1ccccc1)C2. The molecular formula is C18H25NO2S. The first-order valence-electron chi connectivity index (χ1n) is 7.88. The molecule has 0 spiro atoms. The highest BCUT2D eigenvalue weighted by Gasteiger charge is 2.54. The molecule has 0 amide bonds. The van der Waals surface area contributed by atoms with E-state index in [0.29, 0.717) is 11.3 Å². The Morgan fingerprint density at radius 1 is 1.41 bits per heavy atom. The number of fused-ring (bicyclic) bond motifs is 3. The maximum absolute atomic E-state index is 13.4. The van der Waals surface area contributed by atoms with Crippen molar-refractivity contribution in [3.05, 3.63) is 42.5 Å². The highest BCUT2D eigenvalue weighted by Crippen LogP contribution is 2.57. The molecule has 0 aliphatic heterocycles. The van der Waals surface area contributed by atoms with Gasteiger partial charge in [-0.1, -0.05) is 37.3 Å². The molecule has 1 aromatic rings. The van der Waals surface area contributed by atoms with Crippen LogP contribution in [-0.2, 0) is 9.73 Å². The summed E-state index contributed by atoms with van der Waals surface area (Å²) in [7, 11) is -1.01. The lowest BCUT2D eigenvalue weighted by molar-refractivity contribution is -0.0853. The van der Waals surface area contributed by atoms with Crippen LogP contribution >= 0.6 is 0 Å². The van der Waals surface area contributed by atoms with Gasteiger partial charge >= 0.3 is 0 Å². The summed E-state index contributed by atoms with van der Waals surface area (Å²) in [6, 6.07) is 9.33. The molecule has 3 nitrogen and oxygen atoms in total. The van der Waals surface area contributed by atoms with Gasteiger partial charge in [0, 0.05) is 17.9 Å². The van der Waals surface area contributed by atoms with Gasteiger partial charge in [-0.05, 0) is 43.2 Å². The topological polar surface area (TPSA) is 49.7 Å². The predicted molar refractivity (Wildman–Crippen MR) is 90.2 cm³/mol. The minimum absolute atomic E-state index is 0.0561. The summed E-state index contributed by atoms with van der Waals surface area (Å²) in [6.45, 7) is 6.40. The Balaban J connectivity index is 1.98. The van der Waals surface area contributed by atoms with Crippen LogP contribution in [0.5, 0.6) is 0 Å². The van der Waals surface area contributed by atoms with Crippen LogP contribution in [0.4, 0.5) is 0 Å². The molecule has 1 N–H and O–H groups in total. The normalized spacial score (nSPS) is 36.9. The van der Waals surface area contributed by atoms with Crippen molar-refractivity contribution in [2.24, 2.45) is 15.7 Å². The van der Waals surface area contributed by atoms with E-state index in [4.69, 9.17) is 0 Å². The van der Waals surface area contributed by atoms with Crippen molar-refractivity contribution in [1.29, 1.82) is 0 Å². The number of benzene rings is 1. The summed E-state index contributed by atoms with van der Waals surface area (Å²) in [5, 5.41) is 11.3. The summed E-state index contributed by atoms with van der Waals surface area (Å²) in [5.41, 5.74) is 0.258. The van der Waals surface area contributed by atoms with Crippen molar-refractivity contribution in [3.63, 3.8) is 0 Å². The molecule has 4 atom stereocenters. The maximum Gasteiger partial charge on any atom is 0.0844 e. The highest BCUT2D eigenvalue weighted by molar-refractivity contribution is 7.93. The molecule has 2 bridgehead atoms. The lowest BCUT2D eigenvalue weighted by Gasteiger charge is -2.55. The van der Waals surface area contributed by atoms with Gasteiger partial charge in [-0.3, -0.25) is 0 Å². The van der Waals surface area contributed by atoms with Crippen molar-refractivity contribution in [1.82, 2.24) is 0 Å². The number of hydrogen-bond donors (Lipinski definition) is 1. The second kappa shape index (κ2) is 5.20. The van der Waals surface area contributed by atoms with Gasteiger partial charge in [0.2, 0.25) is 0 Å². The summed E-state index contributed by atoms with van der Waals surface area (Å²) < 4.78 is 17.6. The van der Waals surface area contributed by atoms with E-state index < -0.39 is 15.3 Å².